The molecule has 94 valence electrons. The Hall–Kier alpha value is -0.570. The molecule has 1 aliphatic rings. The van der Waals surface area contributed by atoms with Gasteiger partial charge in [-0.15, -0.1) is 0 Å². The molecule has 0 bridgehead atoms. The molecule has 0 heterocycles. The van der Waals surface area contributed by atoms with Crippen LogP contribution in [0.1, 0.15) is 30.4 Å². The van der Waals surface area contributed by atoms with E-state index < -0.39 is 0 Å². The van der Waals surface area contributed by atoms with Gasteiger partial charge in [0, 0.05) is 17.6 Å². The van der Waals surface area contributed by atoms with Crippen molar-refractivity contribution in [3.63, 3.8) is 0 Å². The second-order valence-corrected chi connectivity index (χ2v) is 5.26. The molecular formula is C14H21ClN2. The van der Waals surface area contributed by atoms with Gasteiger partial charge in [0.2, 0.25) is 0 Å². The van der Waals surface area contributed by atoms with Gasteiger partial charge < -0.3 is 10.6 Å². The van der Waals surface area contributed by atoms with E-state index in [-0.39, 0.29) is 0 Å². The summed E-state index contributed by atoms with van der Waals surface area (Å²) in [5.41, 5.74) is 2.40. The highest BCUT2D eigenvalue weighted by Gasteiger charge is 2.19. The summed E-state index contributed by atoms with van der Waals surface area (Å²) in [5, 5.41) is 7.81. The minimum atomic E-state index is 0.821. The highest BCUT2D eigenvalue weighted by molar-refractivity contribution is 6.31. The Morgan fingerprint density at radius 2 is 2.12 bits per heavy atom. The predicted molar refractivity (Wildman–Crippen MR) is 73.5 cm³/mol. The summed E-state index contributed by atoms with van der Waals surface area (Å²) in [6.07, 6.45) is 3.92. The Morgan fingerprint density at radius 1 is 1.29 bits per heavy atom. The minimum absolute atomic E-state index is 0.821. The Balaban J connectivity index is 1.60. The zero-order valence-corrected chi connectivity index (χ0v) is 11.2. The molecular weight excluding hydrogens is 232 g/mol. The van der Waals surface area contributed by atoms with E-state index in [9.17, 15) is 0 Å². The normalized spacial score (nSPS) is 15.2. The van der Waals surface area contributed by atoms with Crippen molar-refractivity contribution in [3.8, 4) is 0 Å². The molecule has 1 aliphatic carbocycles. The number of hydrogen-bond donors (Lipinski definition) is 2. The maximum absolute atomic E-state index is 6.17. The summed E-state index contributed by atoms with van der Waals surface area (Å²) in [6.45, 7) is 5.10. The quantitative estimate of drug-likeness (QED) is 0.730. The van der Waals surface area contributed by atoms with E-state index in [1.54, 1.807) is 0 Å². The summed E-state index contributed by atoms with van der Waals surface area (Å²) in [6, 6.07) is 7.05. The SMILES string of the molecule is Cc1ccc(CNCCCNC2CC2)c(Cl)c1. The Morgan fingerprint density at radius 3 is 2.82 bits per heavy atom. The summed E-state index contributed by atoms with van der Waals surface area (Å²) >= 11 is 6.17. The van der Waals surface area contributed by atoms with Gasteiger partial charge in [0.1, 0.15) is 0 Å². The van der Waals surface area contributed by atoms with Gasteiger partial charge in [-0.2, -0.15) is 0 Å². The number of aryl methyl sites for hydroxylation is 1. The molecule has 1 aromatic carbocycles. The largest absolute Gasteiger partial charge is 0.314 e. The molecule has 1 aromatic rings. The van der Waals surface area contributed by atoms with Crippen LogP contribution in [0.25, 0.3) is 0 Å². The molecule has 2 rings (SSSR count). The minimum Gasteiger partial charge on any atom is -0.314 e. The average molecular weight is 253 g/mol. The molecule has 0 aromatic heterocycles. The van der Waals surface area contributed by atoms with Crippen molar-refractivity contribution in [2.24, 2.45) is 0 Å². The maximum Gasteiger partial charge on any atom is 0.0453 e. The summed E-state index contributed by atoms with van der Waals surface area (Å²) < 4.78 is 0. The fourth-order valence-corrected chi connectivity index (χ4v) is 2.13. The van der Waals surface area contributed by atoms with E-state index in [1.807, 2.05) is 6.07 Å². The van der Waals surface area contributed by atoms with E-state index in [4.69, 9.17) is 11.6 Å². The molecule has 0 radical (unpaired) electrons. The summed E-state index contributed by atoms with van der Waals surface area (Å²) in [4.78, 5) is 0. The Kier molecular flexibility index (Phi) is 4.84. The van der Waals surface area contributed by atoms with Gasteiger partial charge in [-0.3, -0.25) is 0 Å². The van der Waals surface area contributed by atoms with Crippen LogP contribution in [0.2, 0.25) is 5.02 Å². The maximum atomic E-state index is 6.17. The smallest absolute Gasteiger partial charge is 0.0453 e. The summed E-state index contributed by atoms with van der Waals surface area (Å²) in [5.74, 6) is 0. The zero-order chi connectivity index (χ0) is 12.1. The first-order valence-electron chi connectivity index (χ1n) is 6.45. The Labute approximate surface area is 109 Å². The van der Waals surface area contributed by atoms with E-state index >= 15 is 0 Å². The number of benzene rings is 1. The first-order valence-corrected chi connectivity index (χ1v) is 6.82. The third kappa shape index (κ3) is 4.66. The van der Waals surface area contributed by atoms with Crippen molar-refractivity contribution in [1.82, 2.24) is 10.6 Å². The molecule has 0 spiro atoms. The third-order valence-electron chi connectivity index (χ3n) is 3.06. The van der Waals surface area contributed by atoms with Crippen molar-refractivity contribution >= 4 is 11.6 Å². The van der Waals surface area contributed by atoms with Gasteiger partial charge in [0.25, 0.3) is 0 Å². The van der Waals surface area contributed by atoms with Crippen LogP contribution in [0.4, 0.5) is 0 Å². The van der Waals surface area contributed by atoms with Gasteiger partial charge >= 0.3 is 0 Å². The van der Waals surface area contributed by atoms with Crippen molar-refractivity contribution in [2.45, 2.75) is 38.8 Å². The van der Waals surface area contributed by atoms with Gasteiger partial charge in [0.05, 0.1) is 0 Å². The first-order chi connectivity index (χ1) is 8.25. The van der Waals surface area contributed by atoms with Gasteiger partial charge in [-0.25, -0.2) is 0 Å². The van der Waals surface area contributed by atoms with E-state index in [2.05, 4.69) is 29.7 Å². The van der Waals surface area contributed by atoms with Crippen molar-refractivity contribution in [2.75, 3.05) is 13.1 Å². The number of hydrogen-bond acceptors (Lipinski definition) is 2. The topological polar surface area (TPSA) is 24.1 Å². The van der Waals surface area contributed by atoms with Crippen LogP contribution >= 0.6 is 11.6 Å². The molecule has 0 atom stereocenters. The molecule has 2 N–H and O–H groups in total. The highest BCUT2D eigenvalue weighted by Crippen LogP contribution is 2.18. The van der Waals surface area contributed by atoms with Gasteiger partial charge in [-0.1, -0.05) is 23.7 Å². The lowest BCUT2D eigenvalue weighted by molar-refractivity contribution is 0.593. The van der Waals surface area contributed by atoms with Crippen LogP contribution in [0.3, 0.4) is 0 Å². The molecule has 3 heteroatoms. The predicted octanol–water partition coefficient (Wildman–Crippen LogP) is 2.88. The highest BCUT2D eigenvalue weighted by atomic mass is 35.5. The monoisotopic (exact) mass is 252 g/mol. The second kappa shape index (κ2) is 6.39. The molecule has 0 unspecified atom stereocenters. The fraction of sp³-hybridized carbons (Fsp3) is 0.571. The molecule has 2 nitrogen and oxygen atoms in total. The van der Waals surface area contributed by atoms with Crippen molar-refractivity contribution < 1.29 is 0 Å². The lowest BCUT2D eigenvalue weighted by atomic mass is 10.1. The van der Waals surface area contributed by atoms with Crippen molar-refractivity contribution in [1.29, 1.82) is 0 Å². The molecule has 1 fully saturated rings. The average Bonchev–Trinajstić information content (AvgIpc) is 3.09. The van der Waals surface area contributed by atoms with Crippen molar-refractivity contribution in [3.05, 3.63) is 34.3 Å². The lowest BCUT2D eigenvalue weighted by Crippen LogP contribution is -2.23. The van der Waals surface area contributed by atoms with Crippen LogP contribution in [0.5, 0.6) is 0 Å². The first kappa shape index (κ1) is 12.9. The van der Waals surface area contributed by atoms with Crippen LogP contribution in [-0.2, 0) is 6.54 Å². The summed E-state index contributed by atoms with van der Waals surface area (Å²) in [7, 11) is 0. The van der Waals surface area contributed by atoms with E-state index in [1.165, 1.54) is 30.4 Å². The number of rotatable bonds is 7. The third-order valence-corrected chi connectivity index (χ3v) is 3.42. The van der Waals surface area contributed by atoms with E-state index in [0.717, 1.165) is 30.7 Å². The molecule has 17 heavy (non-hydrogen) atoms. The second-order valence-electron chi connectivity index (χ2n) is 4.85. The molecule has 0 aliphatic heterocycles. The van der Waals surface area contributed by atoms with Gasteiger partial charge in [0.15, 0.2) is 0 Å². The number of nitrogens with one attached hydrogen (secondary N) is 2. The number of halogens is 1. The molecule has 0 amide bonds. The van der Waals surface area contributed by atoms with Gasteiger partial charge in [-0.05, 0) is 56.5 Å². The molecule has 1 saturated carbocycles. The zero-order valence-electron chi connectivity index (χ0n) is 10.4. The fourth-order valence-electron chi connectivity index (χ4n) is 1.83. The standard InChI is InChI=1S/C14H21ClN2/c1-11-3-4-12(14(15)9-11)10-16-7-2-8-17-13-5-6-13/h3-4,9,13,16-17H,2,5-8,10H2,1H3. The van der Waals surface area contributed by atoms with Crippen LogP contribution in [-0.4, -0.2) is 19.1 Å². The molecule has 0 saturated heterocycles. The van der Waals surface area contributed by atoms with Crippen LogP contribution in [0.15, 0.2) is 18.2 Å². The Bertz CT molecular complexity index is 361. The van der Waals surface area contributed by atoms with E-state index in [0.29, 0.717) is 0 Å². The van der Waals surface area contributed by atoms with Crippen LogP contribution in [0, 0.1) is 6.92 Å². The lowest BCUT2D eigenvalue weighted by Gasteiger charge is -2.08. The van der Waals surface area contributed by atoms with Crippen LogP contribution < -0.4 is 10.6 Å².